The second-order valence-corrected chi connectivity index (χ2v) is 6.49. The highest BCUT2D eigenvalue weighted by Gasteiger charge is 2.09. The SMILES string of the molecule is COc1ccc2nc(SCC(=O)Nc3cccc(NC(C)=O)c3)[nH]c2c1. The van der Waals surface area contributed by atoms with Crippen molar-refractivity contribution in [1.29, 1.82) is 0 Å². The average molecular weight is 370 g/mol. The number of aromatic nitrogens is 2. The Morgan fingerprint density at radius 1 is 1.15 bits per heavy atom. The van der Waals surface area contributed by atoms with Crippen molar-refractivity contribution >= 4 is 46.0 Å². The van der Waals surface area contributed by atoms with Crippen LogP contribution in [0.25, 0.3) is 11.0 Å². The van der Waals surface area contributed by atoms with Gasteiger partial charge in [0.1, 0.15) is 5.75 Å². The summed E-state index contributed by atoms with van der Waals surface area (Å²) >= 11 is 1.31. The number of hydrogen-bond acceptors (Lipinski definition) is 5. The fourth-order valence-corrected chi connectivity index (χ4v) is 3.05. The number of benzene rings is 2. The number of thioether (sulfide) groups is 1. The molecule has 26 heavy (non-hydrogen) atoms. The molecule has 134 valence electrons. The molecule has 2 aromatic carbocycles. The second-order valence-electron chi connectivity index (χ2n) is 5.52. The molecule has 7 nitrogen and oxygen atoms in total. The minimum atomic E-state index is -0.162. The fraction of sp³-hybridized carbons (Fsp3) is 0.167. The summed E-state index contributed by atoms with van der Waals surface area (Å²) < 4.78 is 5.18. The summed E-state index contributed by atoms with van der Waals surface area (Å²) in [6.07, 6.45) is 0. The number of carbonyl (C=O) groups excluding carboxylic acids is 2. The Kier molecular flexibility index (Phi) is 5.43. The standard InChI is InChI=1S/C18H18N4O3S/c1-11(23)19-12-4-3-5-13(8-12)20-17(24)10-26-18-21-15-7-6-14(25-2)9-16(15)22-18/h3-9H,10H2,1-2H3,(H,19,23)(H,20,24)(H,21,22). The molecular formula is C18H18N4O3S. The molecule has 0 atom stereocenters. The number of H-pyrrole nitrogens is 1. The number of ether oxygens (including phenoxy) is 1. The van der Waals surface area contributed by atoms with Crippen LogP contribution in [-0.2, 0) is 9.59 Å². The van der Waals surface area contributed by atoms with Gasteiger partial charge in [-0.3, -0.25) is 9.59 Å². The van der Waals surface area contributed by atoms with Gasteiger partial charge in [-0.25, -0.2) is 4.98 Å². The lowest BCUT2D eigenvalue weighted by molar-refractivity contribution is -0.114. The van der Waals surface area contributed by atoms with Crippen molar-refractivity contribution in [2.45, 2.75) is 12.1 Å². The summed E-state index contributed by atoms with van der Waals surface area (Å²) in [5.41, 5.74) is 2.93. The van der Waals surface area contributed by atoms with E-state index in [0.717, 1.165) is 16.8 Å². The maximum Gasteiger partial charge on any atom is 0.234 e. The van der Waals surface area contributed by atoms with Crippen molar-refractivity contribution in [2.24, 2.45) is 0 Å². The zero-order valence-electron chi connectivity index (χ0n) is 14.3. The predicted octanol–water partition coefficient (Wildman–Crippen LogP) is 3.26. The Morgan fingerprint density at radius 3 is 2.65 bits per heavy atom. The van der Waals surface area contributed by atoms with Gasteiger partial charge in [0.2, 0.25) is 11.8 Å². The first-order valence-corrected chi connectivity index (χ1v) is 8.86. The van der Waals surface area contributed by atoms with Gasteiger partial charge in [0.05, 0.1) is 23.9 Å². The lowest BCUT2D eigenvalue weighted by atomic mass is 10.2. The number of imidazole rings is 1. The van der Waals surface area contributed by atoms with Gasteiger partial charge in [0, 0.05) is 24.4 Å². The molecule has 0 spiro atoms. The average Bonchev–Trinajstić information content (AvgIpc) is 3.01. The molecule has 0 fully saturated rings. The molecule has 1 heterocycles. The summed E-state index contributed by atoms with van der Waals surface area (Å²) in [7, 11) is 1.61. The Morgan fingerprint density at radius 2 is 1.92 bits per heavy atom. The molecule has 3 rings (SSSR count). The zero-order chi connectivity index (χ0) is 18.5. The molecule has 2 amide bonds. The van der Waals surface area contributed by atoms with E-state index in [-0.39, 0.29) is 17.6 Å². The number of methoxy groups -OCH3 is 1. The summed E-state index contributed by atoms with van der Waals surface area (Å²) in [5, 5.41) is 6.15. The lowest BCUT2D eigenvalue weighted by Crippen LogP contribution is -2.14. The highest BCUT2D eigenvalue weighted by molar-refractivity contribution is 7.99. The first-order valence-electron chi connectivity index (χ1n) is 7.87. The minimum Gasteiger partial charge on any atom is -0.497 e. The maximum atomic E-state index is 12.2. The zero-order valence-corrected chi connectivity index (χ0v) is 15.1. The van der Waals surface area contributed by atoms with Gasteiger partial charge in [0.25, 0.3) is 0 Å². The van der Waals surface area contributed by atoms with E-state index in [1.165, 1.54) is 18.7 Å². The lowest BCUT2D eigenvalue weighted by Gasteiger charge is -2.07. The predicted molar refractivity (Wildman–Crippen MR) is 103 cm³/mol. The van der Waals surface area contributed by atoms with Crippen molar-refractivity contribution in [3.8, 4) is 5.75 Å². The molecule has 0 saturated heterocycles. The van der Waals surface area contributed by atoms with Crippen LogP contribution < -0.4 is 15.4 Å². The van der Waals surface area contributed by atoms with Crippen molar-refractivity contribution in [3.63, 3.8) is 0 Å². The third kappa shape index (κ3) is 4.54. The number of anilines is 2. The normalized spacial score (nSPS) is 10.5. The van der Waals surface area contributed by atoms with Crippen LogP contribution in [0, 0.1) is 0 Å². The fourth-order valence-electron chi connectivity index (χ4n) is 2.37. The Hall–Kier alpha value is -3.00. The van der Waals surface area contributed by atoms with Crippen molar-refractivity contribution in [3.05, 3.63) is 42.5 Å². The molecule has 0 radical (unpaired) electrons. The van der Waals surface area contributed by atoms with E-state index in [9.17, 15) is 9.59 Å². The first kappa shape index (κ1) is 17.8. The molecular weight excluding hydrogens is 352 g/mol. The summed E-state index contributed by atoms with van der Waals surface area (Å²) in [6, 6.07) is 12.6. The third-order valence-corrected chi connectivity index (χ3v) is 4.35. The molecule has 3 aromatic rings. The van der Waals surface area contributed by atoms with Gasteiger partial charge < -0.3 is 20.4 Å². The molecule has 0 aliphatic carbocycles. The quantitative estimate of drug-likeness (QED) is 0.579. The van der Waals surface area contributed by atoms with Crippen LogP contribution in [0.2, 0.25) is 0 Å². The molecule has 1 aromatic heterocycles. The Labute approximate surface area is 154 Å². The first-order chi connectivity index (χ1) is 12.5. The second kappa shape index (κ2) is 7.92. The van der Waals surface area contributed by atoms with E-state index < -0.39 is 0 Å². The number of nitrogens with zero attached hydrogens (tertiary/aromatic N) is 1. The van der Waals surface area contributed by atoms with Crippen molar-refractivity contribution in [2.75, 3.05) is 23.5 Å². The highest BCUT2D eigenvalue weighted by Crippen LogP contribution is 2.23. The van der Waals surface area contributed by atoms with Crippen LogP contribution >= 0.6 is 11.8 Å². The number of rotatable bonds is 6. The smallest absolute Gasteiger partial charge is 0.234 e. The highest BCUT2D eigenvalue weighted by atomic mass is 32.2. The van der Waals surface area contributed by atoms with Crippen LogP contribution in [0.5, 0.6) is 5.75 Å². The van der Waals surface area contributed by atoms with E-state index in [2.05, 4.69) is 20.6 Å². The third-order valence-electron chi connectivity index (χ3n) is 3.47. The summed E-state index contributed by atoms with van der Waals surface area (Å²) in [6.45, 7) is 1.44. The molecule has 8 heteroatoms. The van der Waals surface area contributed by atoms with Crippen LogP contribution in [0.15, 0.2) is 47.6 Å². The van der Waals surface area contributed by atoms with E-state index in [0.29, 0.717) is 16.5 Å². The number of nitrogens with one attached hydrogen (secondary N) is 3. The van der Waals surface area contributed by atoms with E-state index in [1.807, 2.05) is 18.2 Å². The van der Waals surface area contributed by atoms with Gasteiger partial charge >= 0.3 is 0 Å². The molecule has 0 aliphatic heterocycles. The van der Waals surface area contributed by atoms with E-state index in [1.54, 1.807) is 31.4 Å². The minimum absolute atomic E-state index is 0.159. The number of fused-ring (bicyclic) bond motifs is 1. The van der Waals surface area contributed by atoms with Crippen LogP contribution in [0.4, 0.5) is 11.4 Å². The van der Waals surface area contributed by atoms with Gasteiger partial charge in [-0.1, -0.05) is 17.8 Å². The van der Waals surface area contributed by atoms with Gasteiger partial charge in [0.15, 0.2) is 5.16 Å². The molecule has 3 N–H and O–H groups in total. The van der Waals surface area contributed by atoms with Gasteiger partial charge in [-0.15, -0.1) is 0 Å². The summed E-state index contributed by atoms with van der Waals surface area (Å²) in [4.78, 5) is 30.9. The van der Waals surface area contributed by atoms with Gasteiger partial charge in [-0.05, 0) is 30.3 Å². The van der Waals surface area contributed by atoms with Crippen molar-refractivity contribution in [1.82, 2.24) is 9.97 Å². The summed E-state index contributed by atoms with van der Waals surface area (Å²) in [5.74, 6) is 0.634. The molecule has 0 saturated carbocycles. The monoisotopic (exact) mass is 370 g/mol. The largest absolute Gasteiger partial charge is 0.497 e. The van der Waals surface area contributed by atoms with Crippen LogP contribution in [0.3, 0.4) is 0 Å². The van der Waals surface area contributed by atoms with E-state index in [4.69, 9.17) is 4.74 Å². The van der Waals surface area contributed by atoms with Crippen LogP contribution in [-0.4, -0.2) is 34.6 Å². The molecule has 0 unspecified atom stereocenters. The molecule has 0 aliphatic rings. The van der Waals surface area contributed by atoms with E-state index >= 15 is 0 Å². The number of aromatic amines is 1. The van der Waals surface area contributed by atoms with Crippen LogP contribution in [0.1, 0.15) is 6.92 Å². The number of amides is 2. The Balaban J connectivity index is 1.59. The van der Waals surface area contributed by atoms with Gasteiger partial charge in [-0.2, -0.15) is 0 Å². The topological polar surface area (TPSA) is 96.1 Å². The number of hydrogen-bond donors (Lipinski definition) is 3. The maximum absolute atomic E-state index is 12.2. The number of carbonyl (C=O) groups is 2. The molecule has 0 bridgehead atoms. The Bertz CT molecular complexity index is 955. The van der Waals surface area contributed by atoms with Crippen molar-refractivity contribution < 1.29 is 14.3 Å².